The molecule has 1 N–H and O–H groups in total. The van der Waals surface area contributed by atoms with Crippen molar-refractivity contribution in [3.63, 3.8) is 0 Å². The van der Waals surface area contributed by atoms with E-state index in [0.29, 0.717) is 35.3 Å². The molecule has 0 radical (unpaired) electrons. The zero-order chi connectivity index (χ0) is 18.7. The van der Waals surface area contributed by atoms with Gasteiger partial charge in [-0.3, -0.25) is 0 Å². The lowest BCUT2D eigenvalue weighted by Gasteiger charge is -2.27. The Morgan fingerprint density at radius 3 is 2.77 bits per heavy atom. The molecule has 1 aromatic carbocycles. The van der Waals surface area contributed by atoms with Gasteiger partial charge in [-0.25, -0.2) is 4.79 Å². The van der Waals surface area contributed by atoms with Crippen LogP contribution in [0.1, 0.15) is 32.4 Å². The van der Waals surface area contributed by atoms with E-state index < -0.39 is 12.0 Å². The maximum absolute atomic E-state index is 12.6. The largest absolute Gasteiger partial charge is 0.493 e. The summed E-state index contributed by atoms with van der Waals surface area (Å²) in [5, 5.41) is 14.8. The number of hydrogen-bond acceptors (Lipinski definition) is 8. The minimum atomic E-state index is -0.537. The first-order valence-electron chi connectivity index (χ1n) is 8.34. The van der Waals surface area contributed by atoms with E-state index in [1.54, 1.807) is 31.7 Å². The Kier molecular flexibility index (Phi) is 5.06. The number of aromatic nitrogens is 4. The van der Waals surface area contributed by atoms with Gasteiger partial charge in [-0.05, 0) is 48.9 Å². The van der Waals surface area contributed by atoms with E-state index in [2.05, 4.69) is 20.8 Å². The number of fused-ring (bicyclic) bond motifs is 1. The predicted molar refractivity (Wildman–Crippen MR) is 93.1 cm³/mol. The lowest BCUT2D eigenvalue weighted by Crippen LogP contribution is -2.29. The Hall–Kier alpha value is -3.10. The van der Waals surface area contributed by atoms with Gasteiger partial charge in [-0.1, -0.05) is 11.2 Å². The number of nitrogens with zero attached hydrogens (tertiary/aromatic N) is 4. The molecule has 0 spiro atoms. The van der Waals surface area contributed by atoms with Gasteiger partial charge in [0.05, 0.1) is 25.9 Å². The molecular formula is C17H21N5O4. The molecule has 3 rings (SSSR count). The first kappa shape index (κ1) is 17.7. The second kappa shape index (κ2) is 7.42. The summed E-state index contributed by atoms with van der Waals surface area (Å²) in [6.07, 6.45) is 0. The normalized spacial score (nSPS) is 15.9. The Balaban J connectivity index is 2.13. The molecule has 0 amide bonds. The van der Waals surface area contributed by atoms with E-state index in [9.17, 15) is 4.79 Å². The van der Waals surface area contributed by atoms with E-state index in [1.165, 1.54) is 0 Å². The van der Waals surface area contributed by atoms with Crippen LogP contribution in [0.2, 0.25) is 0 Å². The van der Waals surface area contributed by atoms with Crippen LogP contribution in [-0.4, -0.2) is 46.5 Å². The van der Waals surface area contributed by atoms with E-state index in [0.717, 1.165) is 5.56 Å². The number of anilines is 1. The molecule has 1 aliphatic rings. The third-order valence-electron chi connectivity index (χ3n) is 4.01. The van der Waals surface area contributed by atoms with Crippen LogP contribution < -0.4 is 14.8 Å². The minimum absolute atomic E-state index is 0.275. The number of benzene rings is 1. The summed E-state index contributed by atoms with van der Waals surface area (Å²) in [5.74, 6) is 1.23. The first-order chi connectivity index (χ1) is 12.6. The maximum atomic E-state index is 12.6. The highest BCUT2D eigenvalue weighted by atomic mass is 16.5. The molecule has 0 fully saturated rings. The van der Waals surface area contributed by atoms with Gasteiger partial charge in [0.15, 0.2) is 11.5 Å². The van der Waals surface area contributed by atoms with Crippen LogP contribution >= 0.6 is 0 Å². The lowest BCUT2D eigenvalue weighted by molar-refractivity contribution is -0.139. The zero-order valence-corrected chi connectivity index (χ0v) is 15.1. The molecular weight excluding hydrogens is 338 g/mol. The third kappa shape index (κ3) is 3.07. The molecule has 1 atom stereocenters. The molecule has 0 saturated carbocycles. The average molecular weight is 359 g/mol. The Morgan fingerprint density at radius 1 is 1.27 bits per heavy atom. The number of esters is 1. The number of ether oxygens (including phenoxy) is 3. The maximum Gasteiger partial charge on any atom is 0.338 e. The summed E-state index contributed by atoms with van der Waals surface area (Å²) >= 11 is 0. The summed E-state index contributed by atoms with van der Waals surface area (Å²) < 4.78 is 17.8. The van der Waals surface area contributed by atoms with Gasteiger partial charge in [-0.2, -0.15) is 4.68 Å². The monoisotopic (exact) mass is 359 g/mol. The summed E-state index contributed by atoms with van der Waals surface area (Å²) in [6.45, 7) is 6.22. The van der Waals surface area contributed by atoms with E-state index in [1.807, 2.05) is 19.1 Å². The van der Waals surface area contributed by atoms with Crippen molar-refractivity contribution in [3.05, 3.63) is 35.0 Å². The highest BCUT2D eigenvalue weighted by molar-refractivity contribution is 5.92. The first-order valence-corrected chi connectivity index (χ1v) is 8.34. The zero-order valence-electron chi connectivity index (χ0n) is 15.1. The fourth-order valence-electron chi connectivity index (χ4n) is 2.93. The van der Waals surface area contributed by atoms with Crippen molar-refractivity contribution in [1.29, 1.82) is 0 Å². The highest BCUT2D eigenvalue weighted by Crippen LogP contribution is 2.38. The van der Waals surface area contributed by atoms with Gasteiger partial charge in [0.25, 0.3) is 0 Å². The van der Waals surface area contributed by atoms with E-state index in [-0.39, 0.29) is 6.61 Å². The molecule has 1 unspecified atom stereocenters. The second-order valence-corrected chi connectivity index (χ2v) is 5.58. The molecule has 138 valence electrons. The van der Waals surface area contributed by atoms with Gasteiger partial charge >= 0.3 is 5.97 Å². The number of rotatable bonds is 6. The summed E-state index contributed by atoms with van der Waals surface area (Å²) in [6, 6.07) is 4.95. The van der Waals surface area contributed by atoms with Crippen LogP contribution in [0.15, 0.2) is 29.5 Å². The van der Waals surface area contributed by atoms with Gasteiger partial charge < -0.3 is 19.5 Å². The fraction of sp³-hybridized carbons (Fsp3) is 0.412. The molecule has 2 aromatic rings. The lowest BCUT2D eigenvalue weighted by atomic mass is 9.95. The van der Waals surface area contributed by atoms with Crippen LogP contribution in [-0.2, 0) is 9.53 Å². The number of nitrogens with one attached hydrogen (secondary N) is 1. The van der Waals surface area contributed by atoms with Gasteiger partial charge in [0, 0.05) is 5.70 Å². The highest BCUT2D eigenvalue weighted by Gasteiger charge is 2.35. The Bertz CT molecular complexity index is 845. The molecule has 26 heavy (non-hydrogen) atoms. The predicted octanol–water partition coefficient (Wildman–Crippen LogP) is 1.93. The molecule has 0 saturated heterocycles. The minimum Gasteiger partial charge on any atom is -0.493 e. The Labute approximate surface area is 150 Å². The third-order valence-corrected chi connectivity index (χ3v) is 4.01. The number of methoxy groups -OCH3 is 1. The van der Waals surface area contributed by atoms with E-state index in [4.69, 9.17) is 14.2 Å². The number of carbonyl (C=O) groups is 1. The summed E-state index contributed by atoms with van der Waals surface area (Å²) in [4.78, 5) is 12.6. The molecule has 1 aliphatic heterocycles. The number of hydrogen-bond donors (Lipinski definition) is 1. The van der Waals surface area contributed by atoms with Crippen molar-refractivity contribution in [2.45, 2.75) is 26.8 Å². The topological polar surface area (TPSA) is 100 Å². The fourth-order valence-corrected chi connectivity index (χ4v) is 2.93. The smallest absolute Gasteiger partial charge is 0.338 e. The van der Waals surface area contributed by atoms with Gasteiger partial charge in [0.2, 0.25) is 5.95 Å². The van der Waals surface area contributed by atoms with E-state index >= 15 is 0 Å². The van der Waals surface area contributed by atoms with Gasteiger partial charge in [0.1, 0.15) is 6.04 Å². The van der Waals surface area contributed by atoms with Crippen LogP contribution in [0.25, 0.3) is 0 Å². The van der Waals surface area contributed by atoms with Crippen LogP contribution in [0, 0.1) is 0 Å². The van der Waals surface area contributed by atoms with Gasteiger partial charge in [-0.15, -0.1) is 0 Å². The van der Waals surface area contributed by atoms with Crippen LogP contribution in [0.5, 0.6) is 11.5 Å². The van der Waals surface area contributed by atoms with Crippen molar-refractivity contribution >= 4 is 11.9 Å². The number of tetrazole rings is 1. The average Bonchev–Trinajstić information content (AvgIpc) is 3.08. The standard InChI is InChI=1S/C17H21N5O4/c1-5-25-13-9-11(7-8-12(13)24-4)15-14(16(23)26-6-2)10(3)18-17-19-20-21-22(15)17/h7-9,15H,5-6H2,1-4H3,(H,18,19,21). The van der Waals surface area contributed by atoms with Crippen molar-refractivity contribution in [2.75, 3.05) is 25.6 Å². The quantitative estimate of drug-likeness (QED) is 0.781. The second-order valence-electron chi connectivity index (χ2n) is 5.58. The molecule has 9 heteroatoms. The van der Waals surface area contributed by atoms with Crippen molar-refractivity contribution in [3.8, 4) is 11.5 Å². The van der Waals surface area contributed by atoms with Crippen molar-refractivity contribution in [2.24, 2.45) is 0 Å². The SMILES string of the molecule is CCOC(=O)C1=C(C)Nc2nnnn2C1c1ccc(OC)c(OCC)c1. The molecule has 1 aromatic heterocycles. The number of allylic oxidation sites excluding steroid dienone is 1. The van der Waals surface area contributed by atoms with Crippen LogP contribution in [0.3, 0.4) is 0 Å². The Morgan fingerprint density at radius 2 is 2.08 bits per heavy atom. The van der Waals surface area contributed by atoms with Crippen LogP contribution in [0.4, 0.5) is 5.95 Å². The van der Waals surface area contributed by atoms with Crippen molar-refractivity contribution in [1.82, 2.24) is 20.2 Å². The molecule has 2 heterocycles. The molecule has 0 aliphatic carbocycles. The number of carbonyl (C=O) groups excluding carboxylic acids is 1. The summed E-state index contributed by atoms with van der Waals surface area (Å²) in [5.41, 5.74) is 1.87. The molecule has 9 nitrogen and oxygen atoms in total. The summed E-state index contributed by atoms with van der Waals surface area (Å²) in [7, 11) is 1.58. The molecule has 0 bridgehead atoms. The van der Waals surface area contributed by atoms with Crippen molar-refractivity contribution < 1.29 is 19.0 Å².